The van der Waals surface area contributed by atoms with Crippen LogP contribution in [0.2, 0.25) is 0 Å². The number of benzene rings is 2. The van der Waals surface area contributed by atoms with Crippen LogP contribution in [0.1, 0.15) is 16.7 Å². The molecule has 0 amide bonds. The predicted octanol–water partition coefficient (Wildman–Crippen LogP) is 3.28. The van der Waals surface area contributed by atoms with E-state index in [1.54, 1.807) is 7.11 Å². The van der Waals surface area contributed by atoms with Crippen LogP contribution in [0.5, 0.6) is 5.75 Å². The molecule has 4 heteroatoms. The van der Waals surface area contributed by atoms with Crippen LogP contribution >= 0.6 is 0 Å². The molecule has 4 nitrogen and oxygen atoms in total. The zero-order valence-corrected chi connectivity index (χ0v) is 13.4. The number of aliphatic imine (C=N–C) groups is 1. The number of nitrogens with one attached hydrogen (secondary N) is 1. The fourth-order valence-electron chi connectivity index (χ4n) is 2.39. The molecular formula is C18H23N3O. The maximum absolute atomic E-state index is 5.92. The van der Waals surface area contributed by atoms with Crippen molar-refractivity contribution in [1.82, 2.24) is 0 Å². The van der Waals surface area contributed by atoms with Crippen molar-refractivity contribution in [2.45, 2.75) is 20.3 Å². The Labute approximate surface area is 132 Å². The maximum atomic E-state index is 5.92. The summed E-state index contributed by atoms with van der Waals surface area (Å²) in [5, 5.41) is 3.08. The number of anilines is 1. The maximum Gasteiger partial charge on any atom is 0.193 e. The van der Waals surface area contributed by atoms with Gasteiger partial charge in [0, 0.05) is 12.2 Å². The fraction of sp³-hybridized carbons (Fsp3) is 0.278. The van der Waals surface area contributed by atoms with Crippen molar-refractivity contribution in [3.05, 3.63) is 59.2 Å². The number of hydrogen-bond acceptors (Lipinski definition) is 2. The van der Waals surface area contributed by atoms with Crippen LogP contribution in [0.15, 0.2) is 47.5 Å². The van der Waals surface area contributed by atoms with E-state index in [2.05, 4.69) is 42.4 Å². The molecule has 2 rings (SSSR count). The van der Waals surface area contributed by atoms with Crippen LogP contribution in [0.3, 0.4) is 0 Å². The fourth-order valence-corrected chi connectivity index (χ4v) is 2.39. The molecule has 0 aliphatic heterocycles. The van der Waals surface area contributed by atoms with E-state index in [1.807, 2.05) is 24.3 Å². The van der Waals surface area contributed by atoms with Gasteiger partial charge in [-0.25, -0.2) is 0 Å². The Morgan fingerprint density at radius 3 is 2.32 bits per heavy atom. The Kier molecular flexibility index (Phi) is 5.42. The summed E-state index contributed by atoms with van der Waals surface area (Å²) in [6, 6.07) is 13.9. The molecule has 0 heterocycles. The monoisotopic (exact) mass is 297 g/mol. The number of nitrogens with two attached hydrogens (primary N) is 1. The summed E-state index contributed by atoms with van der Waals surface area (Å²) in [6.07, 6.45) is 0.892. The lowest BCUT2D eigenvalue weighted by Crippen LogP contribution is -2.23. The highest BCUT2D eigenvalue weighted by atomic mass is 16.5. The van der Waals surface area contributed by atoms with E-state index in [1.165, 1.54) is 16.7 Å². The first-order valence-corrected chi connectivity index (χ1v) is 7.36. The van der Waals surface area contributed by atoms with Gasteiger partial charge in [-0.3, -0.25) is 4.99 Å². The van der Waals surface area contributed by atoms with Gasteiger partial charge in [0.25, 0.3) is 0 Å². The van der Waals surface area contributed by atoms with Crippen molar-refractivity contribution in [3.63, 3.8) is 0 Å². The molecule has 0 saturated heterocycles. The molecule has 0 atom stereocenters. The van der Waals surface area contributed by atoms with Crippen LogP contribution < -0.4 is 15.8 Å². The molecule has 0 radical (unpaired) electrons. The van der Waals surface area contributed by atoms with E-state index in [0.717, 1.165) is 17.9 Å². The lowest BCUT2D eigenvalue weighted by atomic mass is 10.0. The number of rotatable bonds is 5. The molecular weight excluding hydrogens is 274 g/mol. The average Bonchev–Trinajstić information content (AvgIpc) is 2.51. The van der Waals surface area contributed by atoms with Gasteiger partial charge in [-0.05, 0) is 61.2 Å². The highest BCUT2D eigenvalue weighted by molar-refractivity contribution is 5.92. The summed E-state index contributed by atoms with van der Waals surface area (Å²) < 4.78 is 5.12. The molecule has 2 aromatic rings. The van der Waals surface area contributed by atoms with Gasteiger partial charge in [0.05, 0.1) is 7.11 Å². The summed E-state index contributed by atoms with van der Waals surface area (Å²) in [4.78, 5) is 4.39. The van der Waals surface area contributed by atoms with Crippen molar-refractivity contribution in [2.75, 3.05) is 19.0 Å². The molecule has 22 heavy (non-hydrogen) atoms. The summed E-state index contributed by atoms with van der Waals surface area (Å²) in [6.45, 7) is 4.93. The normalized spacial score (nSPS) is 11.3. The molecule has 3 N–H and O–H groups in total. The zero-order chi connectivity index (χ0) is 15.9. The summed E-state index contributed by atoms with van der Waals surface area (Å²) in [5.41, 5.74) is 10.8. The summed E-state index contributed by atoms with van der Waals surface area (Å²) >= 11 is 0. The first kappa shape index (κ1) is 15.9. The smallest absolute Gasteiger partial charge is 0.193 e. The second kappa shape index (κ2) is 7.50. The SMILES string of the molecule is COc1ccc(NC(N)=NCCc2c(C)cccc2C)cc1. The molecule has 0 aliphatic carbocycles. The lowest BCUT2D eigenvalue weighted by molar-refractivity contribution is 0.415. The topological polar surface area (TPSA) is 59.6 Å². The van der Waals surface area contributed by atoms with E-state index in [9.17, 15) is 0 Å². The molecule has 0 unspecified atom stereocenters. The van der Waals surface area contributed by atoms with E-state index in [4.69, 9.17) is 10.5 Å². The molecule has 0 saturated carbocycles. The molecule has 0 fully saturated rings. The third-order valence-corrected chi connectivity index (χ3v) is 3.65. The van der Waals surface area contributed by atoms with Crippen LogP contribution in [0.25, 0.3) is 0 Å². The van der Waals surface area contributed by atoms with Gasteiger partial charge < -0.3 is 15.8 Å². The Morgan fingerprint density at radius 1 is 1.09 bits per heavy atom. The molecule has 116 valence electrons. The first-order valence-electron chi connectivity index (χ1n) is 7.36. The van der Waals surface area contributed by atoms with Crippen LogP contribution in [0.4, 0.5) is 5.69 Å². The van der Waals surface area contributed by atoms with E-state index in [-0.39, 0.29) is 0 Å². The third kappa shape index (κ3) is 4.25. The van der Waals surface area contributed by atoms with Gasteiger partial charge in [0.15, 0.2) is 5.96 Å². The van der Waals surface area contributed by atoms with Gasteiger partial charge in [-0.2, -0.15) is 0 Å². The molecule has 0 bridgehead atoms. The van der Waals surface area contributed by atoms with Gasteiger partial charge in [-0.15, -0.1) is 0 Å². The number of methoxy groups -OCH3 is 1. The van der Waals surface area contributed by atoms with E-state index < -0.39 is 0 Å². The Hall–Kier alpha value is -2.49. The molecule has 2 aromatic carbocycles. The van der Waals surface area contributed by atoms with Crippen molar-refractivity contribution in [2.24, 2.45) is 10.7 Å². The van der Waals surface area contributed by atoms with Gasteiger partial charge >= 0.3 is 0 Å². The van der Waals surface area contributed by atoms with Gasteiger partial charge in [0.1, 0.15) is 5.75 Å². The van der Waals surface area contributed by atoms with Gasteiger partial charge in [-0.1, -0.05) is 18.2 Å². The second-order valence-corrected chi connectivity index (χ2v) is 5.24. The highest BCUT2D eigenvalue weighted by Crippen LogP contribution is 2.15. The van der Waals surface area contributed by atoms with Crippen LogP contribution in [-0.4, -0.2) is 19.6 Å². The Morgan fingerprint density at radius 2 is 1.73 bits per heavy atom. The van der Waals surface area contributed by atoms with Gasteiger partial charge in [0.2, 0.25) is 0 Å². The quantitative estimate of drug-likeness (QED) is 0.657. The van der Waals surface area contributed by atoms with Crippen molar-refractivity contribution < 1.29 is 4.74 Å². The van der Waals surface area contributed by atoms with E-state index in [0.29, 0.717) is 12.5 Å². The van der Waals surface area contributed by atoms with Crippen molar-refractivity contribution >= 4 is 11.6 Å². The highest BCUT2D eigenvalue weighted by Gasteiger charge is 2.01. The number of aryl methyl sites for hydroxylation is 2. The minimum atomic E-state index is 0.427. The molecule has 0 aromatic heterocycles. The number of guanidine groups is 1. The van der Waals surface area contributed by atoms with Crippen molar-refractivity contribution in [1.29, 1.82) is 0 Å². The Bertz CT molecular complexity index is 628. The average molecular weight is 297 g/mol. The zero-order valence-electron chi connectivity index (χ0n) is 13.4. The minimum Gasteiger partial charge on any atom is -0.497 e. The summed E-state index contributed by atoms with van der Waals surface area (Å²) in [7, 11) is 1.64. The number of ether oxygens (including phenoxy) is 1. The first-order chi connectivity index (χ1) is 10.6. The van der Waals surface area contributed by atoms with Crippen LogP contribution in [-0.2, 0) is 6.42 Å². The molecule has 0 aliphatic rings. The van der Waals surface area contributed by atoms with Crippen LogP contribution in [0, 0.1) is 13.8 Å². The largest absolute Gasteiger partial charge is 0.497 e. The Balaban J connectivity index is 1.92. The lowest BCUT2D eigenvalue weighted by Gasteiger charge is -2.09. The summed E-state index contributed by atoms with van der Waals surface area (Å²) in [5.74, 6) is 1.24. The van der Waals surface area contributed by atoms with E-state index >= 15 is 0 Å². The number of nitrogens with zero attached hydrogens (tertiary/aromatic N) is 1. The number of hydrogen-bond donors (Lipinski definition) is 2. The third-order valence-electron chi connectivity index (χ3n) is 3.65. The minimum absolute atomic E-state index is 0.427. The van der Waals surface area contributed by atoms with Crippen molar-refractivity contribution in [3.8, 4) is 5.75 Å². The predicted molar refractivity (Wildman–Crippen MR) is 92.7 cm³/mol. The molecule has 0 spiro atoms. The second-order valence-electron chi connectivity index (χ2n) is 5.24. The standard InChI is InChI=1S/C18H23N3O/c1-13-5-4-6-14(2)17(13)11-12-20-18(19)21-15-7-9-16(22-3)10-8-15/h4-10H,11-12H2,1-3H3,(H3,19,20,21).